The molecule has 136 valence electrons. The third-order valence-corrected chi connectivity index (χ3v) is 6.48. The molecular weight excluding hydrogens is 371 g/mol. The Balaban J connectivity index is 1.70. The maximum Gasteiger partial charge on any atom is 0.240 e. The van der Waals surface area contributed by atoms with Gasteiger partial charge < -0.3 is 0 Å². The summed E-state index contributed by atoms with van der Waals surface area (Å²) in [4.78, 5) is 5.75. The molecule has 7 heteroatoms. The van der Waals surface area contributed by atoms with E-state index in [9.17, 15) is 12.8 Å². The molecule has 0 radical (unpaired) electrons. The zero-order chi connectivity index (χ0) is 18.7. The number of halogens is 1. The second kappa shape index (κ2) is 7.65. The highest BCUT2D eigenvalue weighted by Crippen LogP contribution is 2.22. The van der Waals surface area contributed by atoms with Crippen LogP contribution in [0.1, 0.15) is 26.7 Å². The van der Waals surface area contributed by atoms with Crippen molar-refractivity contribution in [3.8, 4) is 0 Å². The molecule has 0 unspecified atom stereocenters. The summed E-state index contributed by atoms with van der Waals surface area (Å²) in [5.74, 6) is -0.263. The highest BCUT2D eigenvalue weighted by Gasteiger charge is 2.16. The Bertz CT molecular complexity index is 1010. The van der Waals surface area contributed by atoms with Crippen LogP contribution in [0.5, 0.6) is 0 Å². The van der Waals surface area contributed by atoms with E-state index in [1.165, 1.54) is 23.5 Å². The van der Waals surface area contributed by atoms with E-state index in [0.717, 1.165) is 21.7 Å². The first-order chi connectivity index (χ1) is 12.3. The van der Waals surface area contributed by atoms with Gasteiger partial charge in [-0.3, -0.25) is 0 Å². The SMILES string of the molecule is Cc1cccc(S(=O)(=O)NCc2nc(C)c(Cc3ccc(F)cc3)s2)c1. The highest BCUT2D eigenvalue weighted by atomic mass is 32.2. The van der Waals surface area contributed by atoms with Crippen molar-refractivity contribution >= 4 is 21.4 Å². The third kappa shape index (κ3) is 4.55. The fourth-order valence-electron chi connectivity index (χ4n) is 2.54. The lowest BCUT2D eigenvalue weighted by Crippen LogP contribution is -2.23. The van der Waals surface area contributed by atoms with Gasteiger partial charge in [-0.1, -0.05) is 24.3 Å². The Kier molecular flexibility index (Phi) is 5.50. The Morgan fingerprint density at radius 1 is 1.12 bits per heavy atom. The molecule has 2 aromatic carbocycles. The minimum absolute atomic E-state index is 0.144. The summed E-state index contributed by atoms with van der Waals surface area (Å²) < 4.78 is 40.4. The molecule has 0 aliphatic carbocycles. The van der Waals surface area contributed by atoms with Crippen LogP contribution in [0.2, 0.25) is 0 Å². The molecule has 0 spiro atoms. The molecule has 0 aliphatic rings. The van der Waals surface area contributed by atoms with Gasteiger partial charge in [-0.05, 0) is 49.2 Å². The maximum atomic E-state index is 13.0. The van der Waals surface area contributed by atoms with Gasteiger partial charge >= 0.3 is 0 Å². The number of rotatable bonds is 6. The zero-order valence-corrected chi connectivity index (χ0v) is 16.1. The molecule has 26 heavy (non-hydrogen) atoms. The van der Waals surface area contributed by atoms with Crippen molar-refractivity contribution < 1.29 is 12.8 Å². The minimum atomic E-state index is -3.57. The fourth-order valence-corrected chi connectivity index (χ4v) is 4.77. The molecule has 0 aliphatic heterocycles. The van der Waals surface area contributed by atoms with E-state index in [1.807, 2.05) is 19.9 Å². The van der Waals surface area contributed by atoms with E-state index < -0.39 is 10.0 Å². The van der Waals surface area contributed by atoms with Crippen LogP contribution in [0.3, 0.4) is 0 Å². The van der Waals surface area contributed by atoms with Crippen molar-refractivity contribution in [2.75, 3.05) is 0 Å². The molecule has 3 rings (SSSR count). The van der Waals surface area contributed by atoms with Gasteiger partial charge in [0.05, 0.1) is 17.1 Å². The lowest BCUT2D eigenvalue weighted by molar-refractivity contribution is 0.581. The van der Waals surface area contributed by atoms with E-state index in [0.29, 0.717) is 11.4 Å². The lowest BCUT2D eigenvalue weighted by atomic mass is 10.1. The van der Waals surface area contributed by atoms with Crippen molar-refractivity contribution in [3.05, 3.63) is 81.1 Å². The second-order valence-corrected chi connectivity index (χ2v) is 9.00. The van der Waals surface area contributed by atoms with Crippen molar-refractivity contribution in [1.82, 2.24) is 9.71 Å². The normalized spacial score (nSPS) is 11.7. The largest absolute Gasteiger partial charge is 0.245 e. The number of hydrogen-bond acceptors (Lipinski definition) is 4. The number of benzene rings is 2. The number of thiazole rings is 1. The van der Waals surface area contributed by atoms with Crippen molar-refractivity contribution in [2.45, 2.75) is 31.7 Å². The van der Waals surface area contributed by atoms with Gasteiger partial charge in [0.15, 0.2) is 0 Å². The first-order valence-corrected chi connectivity index (χ1v) is 10.4. The second-order valence-electron chi connectivity index (χ2n) is 6.06. The predicted octanol–water partition coefficient (Wildman–Crippen LogP) is 3.97. The maximum absolute atomic E-state index is 13.0. The molecule has 0 atom stereocenters. The van der Waals surface area contributed by atoms with Crippen molar-refractivity contribution in [1.29, 1.82) is 0 Å². The van der Waals surface area contributed by atoms with Gasteiger partial charge in [0, 0.05) is 11.3 Å². The van der Waals surface area contributed by atoms with Gasteiger partial charge in [0.1, 0.15) is 10.8 Å². The van der Waals surface area contributed by atoms with Crippen LogP contribution in [0.15, 0.2) is 53.4 Å². The van der Waals surface area contributed by atoms with Crippen LogP contribution in [0.25, 0.3) is 0 Å². The first kappa shape index (κ1) is 18.7. The Hall–Kier alpha value is -2.09. The van der Waals surface area contributed by atoms with Crippen molar-refractivity contribution in [3.63, 3.8) is 0 Å². The van der Waals surface area contributed by atoms with Crippen LogP contribution in [0, 0.1) is 19.7 Å². The quantitative estimate of drug-likeness (QED) is 0.693. The molecule has 3 aromatic rings. The molecule has 0 saturated carbocycles. The van der Waals surface area contributed by atoms with E-state index >= 15 is 0 Å². The highest BCUT2D eigenvalue weighted by molar-refractivity contribution is 7.89. The summed E-state index contributed by atoms with van der Waals surface area (Å²) in [7, 11) is -3.57. The van der Waals surface area contributed by atoms with E-state index in [-0.39, 0.29) is 17.3 Å². The summed E-state index contributed by atoms with van der Waals surface area (Å²) in [6, 6.07) is 13.1. The summed E-state index contributed by atoms with van der Waals surface area (Å²) in [6.45, 7) is 3.89. The molecule has 0 fully saturated rings. The number of hydrogen-bond donors (Lipinski definition) is 1. The molecule has 0 bridgehead atoms. The summed E-state index contributed by atoms with van der Waals surface area (Å²) in [5.41, 5.74) is 2.74. The van der Waals surface area contributed by atoms with Gasteiger partial charge in [-0.15, -0.1) is 11.3 Å². The molecule has 0 amide bonds. The van der Waals surface area contributed by atoms with Crippen LogP contribution in [0.4, 0.5) is 4.39 Å². The van der Waals surface area contributed by atoms with E-state index in [2.05, 4.69) is 9.71 Å². The van der Waals surface area contributed by atoms with Crippen LogP contribution >= 0.6 is 11.3 Å². The third-order valence-electron chi connectivity index (χ3n) is 3.93. The first-order valence-electron chi connectivity index (χ1n) is 8.09. The number of nitrogens with one attached hydrogen (secondary N) is 1. The van der Waals surface area contributed by atoms with Gasteiger partial charge in [-0.25, -0.2) is 22.5 Å². The summed E-state index contributed by atoms with van der Waals surface area (Å²) in [5, 5.41) is 0.704. The summed E-state index contributed by atoms with van der Waals surface area (Å²) in [6.07, 6.45) is 0.647. The Labute approximate surface area is 156 Å². The smallest absolute Gasteiger partial charge is 0.240 e. The molecule has 0 saturated heterocycles. The summed E-state index contributed by atoms with van der Waals surface area (Å²) >= 11 is 1.47. The van der Waals surface area contributed by atoms with Crippen LogP contribution in [-0.4, -0.2) is 13.4 Å². The van der Waals surface area contributed by atoms with E-state index in [1.54, 1.807) is 30.3 Å². The number of sulfonamides is 1. The van der Waals surface area contributed by atoms with Crippen LogP contribution in [-0.2, 0) is 23.0 Å². The number of nitrogens with zero attached hydrogens (tertiary/aromatic N) is 1. The monoisotopic (exact) mass is 390 g/mol. The minimum Gasteiger partial charge on any atom is -0.245 e. The molecule has 1 N–H and O–H groups in total. The van der Waals surface area contributed by atoms with Crippen molar-refractivity contribution in [2.24, 2.45) is 0 Å². The predicted molar refractivity (Wildman–Crippen MR) is 101 cm³/mol. The topological polar surface area (TPSA) is 59.1 Å². The fraction of sp³-hybridized carbons (Fsp3) is 0.211. The van der Waals surface area contributed by atoms with E-state index in [4.69, 9.17) is 0 Å². The molecule has 4 nitrogen and oxygen atoms in total. The number of aryl methyl sites for hydroxylation is 2. The Morgan fingerprint density at radius 2 is 1.85 bits per heavy atom. The average molecular weight is 391 g/mol. The lowest BCUT2D eigenvalue weighted by Gasteiger charge is -2.05. The Morgan fingerprint density at radius 3 is 2.54 bits per heavy atom. The average Bonchev–Trinajstić information content (AvgIpc) is 2.95. The van der Waals surface area contributed by atoms with Gasteiger partial charge in [-0.2, -0.15) is 0 Å². The van der Waals surface area contributed by atoms with Gasteiger partial charge in [0.2, 0.25) is 10.0 Å². The molecular formula is C19H19FN2O2S2. The standard InChI is InChI=1S/C19H19FN2O2S2/c1-13-4-3-5-17(10-13)26(23,24)21-12-19-22-14(2)18(25-19)11-15-6-8-16(20)9-7-15/h3-10,21H,11-12H2,1-2H3. The number of aromatic nitrogens is 1. The van der Waals surface area contributed by atoms with Crippen LogP contribution < -0.4 is 4.72 Å². The molecule has 1 heterocycles. The zero-order valence-electron chi connectivity index (χ0n) is 14.5. The molecule has 1 aromatic heterocycles. The van der Waals surface area contributed by atoms with Gasteiger partial charge in [0.25, 0.3) is 0 Å².